The van der Waals surface area contributed by atoms with Gasteiger partial charge in [-0.2, -0.15) is 0 Å². The van der Waals surface area contributed by atoms with Crippen molar-refractivity contribution in [2.75, 3.05) is 0 Å². The number of nitrogens with zero attached hydrogens (tertiary/aromatic N) is 2. The molecule has 0 saturated carbocycles. The van der Waals surface area contributed by atoms with Gasteiger partial charge in [-0.25, -0.2) is 9.97 Å². The van der Waals surface area contributed by atoms with Gasteiger partial charge in [0.1, 0.15) is 0 Å². The summed E-state index contributed by atoms with van der Waals surface area (Å²) >= 11 is 12.1. The lowest BCUT2D eigenvalue weighted by Gasteiger charge is -2.15. The van der Waals surface area contributed by atoms with E-state index in [1.165, 1.54) is 0 Å². The fourth-order valence-electron chi connectivity index (χ4n) is 3.95. The van der Waals surface area contributed by atoms with Crippen molar-refractivity contribution in [3.05, 3.63) is 93.6 Å². The van der Waals surface area contributed by atoms with Crippen LogP contribution in [0.5, 0.6) is 0 Å². The minimum atomic E-state index is -0.819. The molecule has 3 aromatic carbocycles. The molecule has 0 radical (unpaired) electrons. The highest BCUT2D eigenvalue weighted by Gasteiger charge is 2.16. The van der Waals surface area contributed by atoms with Gasteiger partial charge in [-0.05, 0) is 74.2 Å². The Kier molecular flexibility index (Phi) is 8.18. The molecule has 0 saturated heterocycles. The smallest absolute Gasteiger partial charge is 0.303 e. The van der Waals surface area contributed by atoms with Gasteiger partial charge in [0.15, 0.2) is 0 Å². The Morgan fingerprint density at radius 3 is 2.42 bits per heavy atom. The first-order valence-electron chi connectivity index (χ1n) is 11.6. The molecule has 0 aliphatic carbocycles. The van der Waals surface area contributed by atoms with E-state index in [0.29, 0.717) is 45.9 Å². The van der Waals surface area contributed by atoms with Crippen LogP contribution in [0.3, 0.4) is 0 Å². The van der Waals surface area contributed by atoms with Crippen LogP contribution in [0, 0.1) is 0 Å². The summed E-state index contributed by atoms with van der Waals surface area (Å²) in [5.41, 5.74) is 4.99. The maximum atomic E-state index is 13.0. The molecule has 0 fully saturated rings. The van der Waals surface area contributed by atoms with Crippen molar-refractivity contribution in [1.29, 1.82) is 0 Å². The number of aromatic nitrogens is 2. The Labute approximate surface area is 219 Å². The first-order valence-corrected chi connectivity index (χ1v) is 12.4. The standard InChI is InChI=1S/C28H25Cl2N3O3/c1-17(19-5-4-6-22(30)15-19)31-28(36)20-11-14-23-25(16-20)32-24(7-2-3-8-26(34)35)27(33-23)18-9-12-21(29)13-10-18/h4-6,9-17H,2-3,7-8H2,1H3,(H,31,36)(H,34,35)/t17-/m1/s1. The number of carboxylic acid groups (broad SMARTS) is 1. The lowest BCUT2D eigenvalue weighted by Crippen LogP contribution is -2.26. The van der Waals surface area contributed by atoms with Gasteiger partial charge in [-0.1, -0.05) is 47.5 Å². The SMILES string of the molecule is C[C@@H](NC(=O)c1ccc2nc(-c3ccc(Cl)cc3)c(CCCCC(=O)O)nc2c1)c1cccc(Cl)c1. The van der Waals surface area contributed by atoms with Crippen LogP contribution in [-0.2, 0) is 11.2 Å². The van der Waals surface area contributed by atoms with E-state index in [9.17, 15) is 9.59 Å². The molecule has 0 spiro atoms. The third-order valence-corrected chi connectivity index (χ3v) is 6.35. The predicted molar refractivity (Wildman–Crippen MR) is 143 cm³/mol. The largest absolute Gasteiger partial charge is 0.481 e. The fourth-order valence-corrected chi connectivity index (χ4v) is 4.28. The third-order valence-electron chi connectivity index (χ3n) is 5.87. The van der Waals surface area contributed by atoms with Crippen molar-refractivity contribution in [3.8, 4) is 11.3 Å². The molecule has 0 aliphatic heterocycles. The molecule has 1 heterocycles. The Morgan fingerprint density at radius 2 is 1.69 bits per heavy atom. The van der Waals surface area contributed by atoms with Gasteiger partial charge in [0.05, 0.1) is 28.5 Å². The fraction of sp³-hybridized carbons (Fsp3) is 0.214. The lowest BCUT2D eigenvalue weighted by atomic mass is 10.0. The normalized spacial score (nSPS) is 11.9. The highest BCUT2D eigenvalue weighted by Crippen LogP contribution is 2.27. The van der Waals surface area contributed by atoms with Crippen LogP contribution < -0.4 is 5.32 Å². The monoisotopic (exact) mass is 521 g/mol. The van der Waals surface area contributed by atoms with Crippen LogP contribution in [0.25, 0.3) is 22.3 Å². The van der Waals surface area contributed by atoms with Crippen LogP contribution >= 0.6 is 23.2 Å². The highest BCUT2D eigenvalue weighted by atomic mass is 35.5. The van der Waals surface area contributed by atoms with E-state index in [0.717, 1.165) is 22.5 Å². The second-order valence-electron chi connectivity index (χ2n) is 8.58. The number of aliphatic carboxylic acids is 1. The molecule has 1 aromatic heterocycles. The quantitative estimate of drug-likeness (QED) is 0.234. The van der Waals surface area contributed by atoms with Crippen LogP contribution in [0.1, 0.15) is 53.8 Å². The Balaban J connectivity index is 1.63. The number of carboxylic acids is 1. The van der Waals surface area contributed by atoms with E-state index >= 15 is 0 Å². The van der Waals surface area contributed by atoms with Crippen molar-refractivity contribution in [2.24, 2.45) is 0 Å². The van der Waals surface area contributed by atoms with Crippen molar-refractivity contribution in [3.63, 3.8) is 0 Å². The average Bonchev–Trinajstić information content (AvgIpc) is 2.86. The number of carbonyl (C=O) groups is 2. The van der Waals surface area contributed by atoms with Crippen molar-refractivity contribution < 1.29 is 14.7 Å². The molecule has 1 amide bonds. The maximum absolute atomic E-state index is 13.0. The molecular weight excluding hydrogens is 497 g/mol. The summed E-state index contributed by atoms with van der Waals surface area (Å²) in [6.07, 6.45) is 1.87. The summed E-state index contributed by atoms with van der Waals surface area (Å²) in [4.78, 5) is 33.6. The first-order chi connectivity index (χ1) is 17.3. The topological polar surface area (TPSA) is 92.2 Å². The minimum Gasteiger partial charge on any atom is -0.481 e. The van der Waals surface area contributed by atoms with Gasteiger partial charge < -0.3 is 10.4 Å². The van der Waals surface area contributed by atoms with E-state index in [-0.39, 0.29) is 18.4 Å². The Morgan fingerprint density at radius 1 is 0.917 bits per heavy atom. The maximum Gasteiger partial charge on any atom is 0.303 e. The summed E-state index contributed by atoms with van der Waals surface area (Å²) in [7, 11) is 0. The molecule has 4 aromatic rings. The summed E-state index contributed by atoms with van der Waals surface area (Å²) in [6.45, 7) is 1.90. The molecule has 4 rings (SSSR count). The summed E-state index contributed by atoms with van der Waals surface area (Å²) in [5.74, 6) is -1.05. The second-order valence-corrected chi connectivity index (χ2v) is 9.45. The molecule has 0 unspecified atom stereocenters. The molecule has 36 heavy (non-hydrogen) atoms. The van der Waals surface area contributed by atoms with Gasteiger partial charge >= 0.3 is 5.97 Å². The van der Waals surface area contributed by atoms with E-state index in [4.69, 9.17) is 38.3 Å². The molecule has 0 aliphatic rings. The Bertz CT molecular complexity index is 1410. The van der Waals surface area contributed by atoms with Crippen LogP contribution in [0.4, 0.5) is 0 Å². The summed E-state index contributed by atoms with van der Waals surface area (Å²) in [5, 5.41) is 13.2. The van der Waals surface area contributed by atoms with Crippen LogP contribution in [-0.4, -0.2) is 27.0 Å². The molecule has 1 atom stereocenters. The predicted octanol–water partition coefficient (Wildman–Crippen LogP) is 6.89. The van der Waals surface area contributed by atoms with E-state index in [1.807, 2.05) is 37.3 Å². The highest BCUT2D eigenvalue weighted by molar-refractivity contribution is 6.30. The van der Waals surface area contributed by atoms with Crippen molar-refractivity contribution in [2.45, 2.75) is 38.6 Å². The number of fused-ring (bicyclic) bond motifs is 1. The number of carbonyl (C=O) groups excluding carboxylic acids is 1. The third kappa shape index (κ3) is 6.39. The van der Waals surface area contributed by atoms with Gasteiger partial charge in [0, 0.05) is 27.6 Å². The van der Waals surface area contributed by atoms with Crippen LogP contribution in [0.15, 0.2) is 66.7 Å². The van der Waals surface area contributed by atoms with Gasteiger partial charge in [-0.15, -0.1) is 0 Å². The molecule has 184 valence electrons. The number of amides is 1. The second kappa shape index (κ2) is 11.5. The average molecular weight is 522 g/mol. The number of unbranched alkanes of at least 4 members (excludes halogenated alkanes) is 1. The van der Waals surface area contributed by atoms with E-state index in [2.05, 4.69) is 5.32 Å². The zero-order valence-corrected chi connectivity index (χ0v) is 21.2. The van der Waals surface area contributed by atoms with Gasteiger partial charge in [0.25, 0.3) is 5.91 Å². The van der Waals surface area contributed by atoms with Gasteiger partial charge in [-0.3, -0.25) is 9.59 Å². The molecule has 8 heteroatoms. The first kappa shape index (κ1) is 25.6. The molecule has 0 bridgehead atoms. The number of nitrogens with one attached hydrogen (secondary N) is 1. The van der Waals surface area contributed by atoms with Crippen molar-refractivity contribution >= 4 is 46.1 Å². The number of hydrogen-bond acceptors (Lipinski definition) is 4. The number of rotatable bonds is 9. The number of aryl methyl sites for hydroxylation is 1. The van der Waals surface area contributed by atoms with Crippen molar-refractivity contribution in [1.82, 2.24) is 15.3 Å². The lowest BCUT2D eigenvalue weighted by molar-refractivity contribution is -0.137. The van der Waals surface area contributed by atoms with E-state index < -0.39 is 5.97 Å². The number of benzene rings is 3. The summed E-state index contributed by atoms with van der Waals surface area (Å²) < 4.78 is 0. The molecule has 2 N–H and O–H groups in total. The zero-order valence-electron chi connectivity index (χ0n) is 19.7. The minimum absolute atomic E-state index is 0.104. The van der Waals surface area contributed by atoms with Gasteiger partial charge in [0.2, 0.25) is 0 Å². The zero-order chi connectivity index (χ0) is 25.7. The number of hydrogen-bond donors (Lipinski definition) is 2. The molecular formula is C28H25Cl2N3O3. The van der Waals surface area contributed by atoms with E-state index in [1.54, 1.807) is 36.4 Å². The Hall–Kier alpha value is -3.48. The number of halogens is 2. The molecule has 6 nitrogen and oxygen atoms in total. The van der Waals surface area contributed by atoms with Crippen LogP contribution in [0.2, 0.25) is 10.0 Å². The summed E-state index contributed by atoms with van der Waals surface area (Å²) in [6, 6.07) is 19.8.